The first-order chi connectivity index (χ1) is 9.54. The number of benzene rings is 1. The van der Waals surface area contributed by atoms with Gasteiger partial charge in [-0.15, -0.1) is 0 Å². The normalized spacial score (nSPS) is 22.5. The lowest BCUT2D eigenvalue weighted by Gasteiger charge is -2.13. The van der Waals surface area contributed by atoms with Crippen molar-refractivity contribution in [2.45, 2.75) is 30.5 Å². The van der Waals surface area contributed by atoms with Crippen molar-refractivity contribution in [1.82, 2.24) is 0 Å². The van der Waals surface area contributed by atoms with Gasteiger partial charge in [-0.2, -0.15) is 11.8 Å². The first-order valence-electron chi connectivity index (χ1n) is 6.48. The summed E-state index contributed by atoms with van der Waals surface area (Å²) in [7, 11) is 0. The van der Waals surface area contributed by atoms with Gasteiger partial charge in [0.05, 0.1) is 6.10 Å². The van der Waals surface area contributed by atoms with Crippen LogP contribution in [0.2, 0.25) is 0 Å². The second kappa shape index (κ2) is 6.90. The van der Waals surface area contributed by atoms with Crippen molar-refractivity contribution in [1.29, 1.82) is 0 Å². The van der Waals surface area contributed by atoms with Crippen LogP contribution in [-0.4, -0.2) is 29.0 Å². The molecule has 0 aromatic heterocycles. The molecule has 1 fully saturated rings. The SMILES string of the molecule is CC1OCCC1SCc1cc(F)cc(/C=C/C(=O)O)c1. The summed E-state index contributed by atoms with van der Waals surface area (Å²) >= 11 is 1.75. The molecule has 0 saturated carbocycles. The van der Waals surface area contributed by atoms with Crippen molar-refractivity contribution in [3.8, 4) is 0 Å². The van der Waals surface area contributed by atoms with E-state index in [0.717, 1.165) is 24.7 Å². The van der Waals surface area contributed by atoms with Gasteiger partial charge in [0.2, 0.25) is 0 Å². The molecule has 1 saturated heterocycles. The predicted octanol–water partition coefficient (Wildman–Crippen LogP) is 3.33. The van der Waals surface area contributed by atoms with Crippen molar-refractivity contribution in [2.75, 3.05) is 6.61 Å². The molecule has 0 radical (unpaired) electrons. The van der Waals surface area contributed by atoms with E-state index >= 15 is 0 Å². The number of carboxylic acids is 1. The Kier molecular flexibility index (Phi) is 5.20. The Morgan fingerprint density at radius 3 is 3.00 bits per heavy atom. The summed E-state index contributed by atoms with van der Waals surface area (Å²) in [4.78, 5) is 10.5. The van der Waals surface area contributed by atoms with Gasteiger partial charge in [-0.25, -0.2) is 9.18 Å². The smallest absolute Gasteiger partial charge is 0.328 e. The standard InChI is InChI=1S/C15H17FO3S/c1-10-14(4-5-19-10)20-9-12-6-11(2-3-15(17)18)7-13(16)8-12/h2-3,6-8,10,14H,4-5,9H2,1H3,(H,17,18)/b3-2+. The fourth-order valence-electron chi connectivity index (χ4n) is 2.16. The number of thioether (sulfide) groups is 1. The van der Waals surface area contributed by atoms with Crippen LogP contribution >= 0.6 is 11.8 Å². The molecule has 0 amide bonds. The molecule has 0 bridgehead atoms. The average Bonchev–Trinajstić information content (AvgIpc) is 2.79. The summed E-state index contributed by atoms with van der Waals surface area (Å²) in [5.74, 6) is -0.685. The van der Waals surface area contributed by atoms with Crippen LogP contribution in [0.15, 0.2) is 24.3 Å². The number of carbonyl (C=O) groups is 1. The van der Waals surface area contributed by atoms with Crippen LogP contribution in [0.25, 0.3) is 6.08 Å². The second-order valence-corrected chi connectivity index (χ2v) is 6.01. The monoisotopic (exact) mass is 296 g/mol. The van der Waals surface area contributed by atoms with E-state index in [0.29, 0.717) is 16.6 Å². The fourth-order valence-corrected chi connectivity index (χ4v) is 3.34. The molecule has 1 aromatic rings. The van der Waals surface area contributed by atoms with E-state index < -0.39 is 5.97 Å². The van der Waals surface area contributed by atoms with Crippen LogP contribution in [0.3, 0.4) is 0 Å². The predicted molar refractivity (Wildman–Crippen MR) is 78.2 cm³/mol. The van der Waals surface area contributed by atoms with Gasteiger partial charge in [-0.05, 0) is 42.7 Å². The lowest BCUT2D eigenvalue weighted by Crippen LogP contribution is -2.13. The molecule has 0 aliphatic carbocycles. The Morgan fingerprint density at radius 2 is 2.35 bits per heavy atom. The molecule has 108 valence electrons. The zero-order chi connectivity index (χ0) is 14.5. The molecular weight excluding hydrogens is 279 g/mol. The lowest BCUT2D eigenvalue weighted by atomic mass is 10.1. The Morgan fingerprint density at radius 1 is 1.55 bits per heavy atom. The Hall–Kier alpha value is -1.33. The molecule has 2 atom stereocenters. The highest BCUT2D eigenvalue weighted by Gasteiger charge is 2.24. The molecule has 1 aromatic carbocycles. The van der Waals surface area contributed by atoms with Crippen LogP contribution < -0.4 is 0 Å². The zero-order valence-corrected chi connectivity index (χ0v) is 12.0. The first-order valence-corrected chi connectivity index (χ1v) is 7.53. The molecule has 1 N–H and O–H groups in total. The zero-order valence-electron chi connectivity index (χ0n) is 11.2. The third-order valence-corrected chi connectivity index (χ3v) is 4.72. The minimum Gasteiger partial charge on any atom is -0.478 e. The number of halogens is 1. The molecule has 1 heterocycles. The Balaban J connectivity index is 2.02. The minimum atomic E-state index is -1.04. The topological polar surface area (TPSA) is 46.5 Å². The maximum atomic E-state index is 13.5. The quantitative estimate of drug-likeness (QED) is 0.847. The minimum absolute atomic E-state index is 0.236. The number of hydrogen-bond acceptors (Lipinski definition) is 3. The van der Waals surface area contributed by atoms with E-state index in [1.54, 1.807) is 11.8 Å². The lowest BCUT2D eigenvalue weighted by molar-refractivity contribution is -0.131. The third-order valence-electron chi connectivity index (χ3n) is 3.17. The van der Waals surface area contributed by atoms with Gasteiger partial charge < -0.3 is 9.84 Å². The molecule has 2 rings (SSSR count). The highest BCUT2D eigenvalue weighted by atomic mass is 32.2. The van der Waals surface area contributed by atoms with Gasteiger partial charge in [-0.3, -0.25) is 0 Å². The maximum Gasteiger partial charge on any atom is 0.328 e. The van der Waals surface area contributed by atoms with Gasteiger partial charge in [0.25, 0.3) is 0 Å². The van der Waals surface area contributed by atoms with E-state index in [2.05, 4.69) is 6.92 Å². The Labute approximate surface area is 121 Å². The number of aliphatic carboxylic acids is 1. The molecule has 20 heavy (non-hydrogen) atoms. The Bertz CT molecular complexity index is 516. The summed E-state index contributed by atoms with van der Waals surface area (Å²) < 4.78 is 19.0. The van der Waals surface area contributed by atoms with E-state index in [4.69, 9.17) is 9.84 Å². The van der Waals surface area contributed by atoms with Crippen molar-refractivity contribution in [3.63, 3.8) is 0 Å². The van der Waals surface area contributed by atoms with Crippen molar-refractivity contribution >= 4 is 23.8 Å². The van der Waals surface area contributed by atoms with E-state index in [-0.39, 0.29) is 11.9 Å². The fraction of sp³-hybridized carbons (Fsp3) is 0.400. The number of ether oxygens (including phenoxy) is 1. The van der Waals surface area contributed by atoms with E-state index in [9.17, 15) is 9.18 Å². The number of carboxylic acid groups (broad SMARTS) is 1. The molecule has 5 heteroatoms. The summed E-state index contributed by atoms with van der Waals surface area (Å²) in [6.07, 6.45) is 3.67. The molecular formula is C15H17FO3S. The van der Waals surface area contributed by atoms with Gasteiger partial charge in [-0.1, -0.05) is 6.07 Å². The summed E-state index contributed by atoms with van der Waals surface area (Å²) in [5, 5.41) is 9.03. The van der Waals surface area contributed by atoms with Crippen LogP contribution in [0.4, 0.5) is 4.39 Å². The van der Waals surface area contributed by atoms with Gasteiger partial charge in [0, 0.05) is 23.7 Å². The summed E-state index contributed by atoms with van der Waals surface area (Å²) in [6, 6.07) is 4.64. The van der Waals surface area contributed by atoms with Crippen LogP contribution in [0.1, 0.15) is 24.5 Å². The highest BCUT2D eigenvalue weighted by molar-refractivity contribution is 7.99. The largest absolute Gasteiger partial charge is 0.478 e. The maximum absolute atomic E-state index is 13.5. The number of hydrogen-bond donors (Lipinski definition) is 1. The molecule has 1 aliphatic rings. The second-order valence-electron chi connectivity index (χ2n) is 4.78. The van der Waals surface area contributed by atoms with E-state index in [1.165, 1.54) is 18.2 Å². The molecule has 3 nitrogen and oxygen atoms in total. The van der Waals surface area contributed by atoms with Crippen molar-refractivity contribution < 1.29 is 19.0 Å². The summed E-state index contributed by atoms with van der Waals surface area (Å²) in [5.41, 5.74) is 1.43. The summed E-state index contributed by atoms with van der Waals surface area (Å²) in [6.45, 7) is 2.84. The van der Waals surface area contributed by atoms with Crippen molar-refractivity contribution in [3.05, 3.63) is 41.2 Å². The van der Waals surface area contributed by atoms with Crippen LogP contribution in [-0.2, 0) is 15.3 Å². The van der Waals surface area contributed by atoms with Crippen LogP contribution in [0, 0.1) is 5.82 Å². The average molecular weight is 296 g/mol. The van der Waals surface area contributed by atoms with Gasteiger partial charge in [0.15, 0.2) is 0 Å². The van der Waals surface area contributed by atoms with Gasteiger partial charge >= 0.3 is 5.97 Å². The van der Waals surface area contributed by atoms with Gasteiger partial charge in [0.1, 0.15) is 5.82 Å². The number of rotatable bonds is 5. The van der Waals surface area contributed by atoms with Crippen LogP contribution in [0.5, 0.6) is 0 Å². The molecule has 1 aliphatic heterocycles. The van der Waals surface area contributed by atoms with Crippen molar-refractivity contribution in [2.24, 2.45) is 0 Å². The third kappa shape index (κ3) is 4.35. The molecule has 2 unspecified atom stereocenters. The molecule has 0 spiro atoms. The first kappa shape index (κ1) is 15.1. The highest BCUT2D eigenvalue weighted by Crippen LogP contribution is 2.29. The van der Waals surface area contributed by atoms with E-state index in [1.807, 2.05) is 6.07 Å².